The lowest BCUT2D eigenvalue weighted by Crippen LogP contribution is -2.30. The molecule has 6 nitrogen and oxygen atoms in total. The van der Waals surface area contributed by atoms with E-state index < -0.39 is 38.9 Å². The van der Waals surface area contributed by atoms with Crippen molar-refractivity contribution in [1.29, 1.82) is 0 Å². The van der Waals surface area contributed by atoms with Gasteiger partial charge in [-0.25, -0.2) is 22.8 Å². The van der Waals surface area contributed by atoms with E-state index in [4.69, 9.17) is 13.1 Å². The fourth-order valence-corrected chi connectivity index (χ4v) is 2.89. The van der Waals surface area contributed by atoms with Gasteiger partial charge in [0.25, 0.3) is 15.9 Å². The zero-order valence-corrected chi connectivity index (χ0v) is 13.5. The van der Waals surface area contributed by atoms with Crippen LogP contribution in [0.15, 0.2) is 47.4 Å². The van der Waals surface area contributed by atoms with E-state index in [0.717, 1.165) is 18.2 Å². The topological polar surface area (TPSA) is 72.0 Å². The monoisotopic (exact) mass is 379 g/mol. The Morgan fingerprint density at radius 3 is 2.12 bits per heavy atom. The van der Waals surface area contributed by atoms with Crippen LogP contribution in [0.4, 0.5) is 24.5 Å². The second-order valence-electron chi connectivity index (χ2n) is 4.88. The van der Waals surface area contributed by atoms with E-state index in [9.17, 15) is 26.4 Å². The number of sulfonamides is 1. The molecule has 10 heteroatoms. The zero-order valence-electron chi connectivity index (χ0n) is 12.7. The van der Waals surface area contributed by atoms with Gasteiger partial charge in [0.15, 0.2) is 11.4 Å². The highest BCUT2D eigenvalue weighted by Crippen LogP contribution is 2.33. The third kappa shape index (κ3) is 3.99. The molecule has 0 heterocycles. The molecule has 0 spiro atoms. The molecule has 2 aromatic rings. The van der Waals surface area contributed by atoms with Gasteiger partial charge in [-0.1, -0.05) is 36.4 Å². The number of rotatable bonds is 3. The lowest BCUT2D eigenvalue weighted by Gasteiger charge is -2.11. The Balaban J connectivity index is 2.34. The Bertz CT molecular complexity index is 1050. The summed E-state index contributed by atoms with van der Waals surface area (Å²) in [5.74, 6) is -1.24. The predicted molar refractivity (Wildman–Crippen MR) is 85.1 cm³/mol. The van der Waals surface area contributed by atoms with Gasteiger partial charge in [-0.05, 0) is 6.07 Å². The maximum Gasteiger partial charge on any atom is 0.415 e. The molecule has 1 N–H and O–H groups in total. The Morgan fingerprint density at radius 2 is 1.62 bits per heavy atom. The molecule has 132 valence electrons. The number of carbonyl (C=O) groups excluding carboxylic acids is 1. The first-order valence-corrected chi connectivity index (χ1v) is 8.20. The van der Waals surface area contributed by atoms with Crippen LogP contribution in [0.1, 0.15) is 15.9 Å². The van der Waals surface area contributed by atoms with Crippen molar-refractivity contribution in [2.75, 3.05) is 0 Å². The summed E-state index contributed by atoms with van der Waals surface area (Å²) in [6.45, 7) is 13.7. The number of alkyl halides is 3. The van der Waals surface area contributed by atoms with E-state index in [1.165, 1.54) is 12.1 Å². The third-order valence-corrected chi connectivity index (χ3v) is 4.54. The molecule has 0 saturated carbocycles. The van der Waals surface area contributed by atoms with Gasteiger partial charge in [-0.15, -0.1) is 0 Å². The lowest BCUT2D eigenvalue weighted by atomic mass is 10.1. The Hall–Kier alpha value is -3.37. The fraction of sp³-hybridized carbons (Fsp3) is 0.0625. The molecule has 0 unspecified atom stereocenters. The first-order chi connectivity index (χ1) is 12.1. The minimum absolute atomic E-state index is 0.188. The summed E-state index contributed by atoms with van der Waals surface area (Å²) in [5.41, 5.74) is -2.07. The van der Waals surface area contributed by atoms with Gasteiger partial charge in [0, 0.05) is 11.1 Å². The number of hydrogen-bond donors (Lipinski definition) is 1. The molecule has 0 radical (unpaired) electrons. The largest absolute Gasteiger partial charge is 0.415 e. The van der Waals surface area contributed by atoms with Crippen LogP contribution in [-0.4, -0.2) is 14.3 Å². The zero-order chi connectivity index (χ0) is 19.5. The van der Waals surface area contributed by atoms with Crippen LogP contribution in [0.5, 0.6) is 0 Å². The molecule has 0 aromatic heterocycles. The van der Waals surface area contributed by atoms with Gasteiger partial charge in [0.05, 0.1) is 18.0 Å². The highest BCUT2D eigenvalue weighted by atomic mass is 32.2. The van der Waals surface area contributed by atoms with Gasteiger partial charge in [-0.3, -0.25) is 4.79 Å². The number of hydrogen-bond acceptors (Lipinski definition) is 3. The number of halogens is 3. The summed E-state index contributed by atoms with van der Waals surface area (Å²) in [4.78, 5) is 17.8. The molecule has 0 aliphatic heterocycles. The molecule has 2 rings (SSSR count). The smallest absolute Gasteiger partial charge is 0.270 e. The van der Waals surface area contributed by atoms with Crippen LogP contribution < -0.4 is 4.72 Å². The fourth-order valence-electron chi connectivity index (χ4n) is 1.93. The summed E-state index contributed by atoms with van der Waals surface area (Å²) in [6.07, 6.45) is -4.70. The van der Waals surface area contributed by atoms with Crippen molar-refractivity contribution in [2.45, 2.75) is 11.1 Å². The van der Waals surface area contributed by atoms with Crippen molar-refractivity contribution in [3.05, 3.63) is 76.4 Å². The minimum atomic E-state index is -4.70. The minimum Gasteiger partial charge on any atom is -0.270 e. The van der Waals surface area contributed by atoms with Crippen molar-refractivity contribution < 1.29 is 26.4 Å². The first-order valence-electron chi connectivity index (χ1n) is 6.72. The van der Waals surface area contributed by atoms with E-state index in [1.54, 1.807) is 4.72 Å². The van der Waals surface area contributed by atoms with Crippen LogP contribution in [-0.2, 0) is 16.2 Å². The summed E-state index contributed by atoms with van der Waals surface area (Å²) >= 11 is 0. The normalized spacial score (nSPS) is 11.3. The number of carbonyl (C=O) groups is 1. The molecule has 0 aliphatic rings. The standard InChI is InChI=1S/C16H8F3N3O3S/c1-20-11-4-6-12(7-5-11)26(24,25)22-15(23)13-8-3-10(16(17,18)19)9-14(13)21-2/h3-9H,(H,22,23). The molecule has 1 amide bonds. The lowest BCUT2D eigenvalue weighted by molar-refractivity contribution is -0.137. The Morgan fingerprint density at radius 1 is 1.00 bits per heavy atom. The number of nitrogens with one attached hydrogen (secondary N) is 1. The average Bonchev–Trinajstić information content (AvgIpc) is 2.60. The Kier molecular flexibility index (Phi) is 5.00. The van der Waals surface area contributed by atoms with Crippen molar-refractivity contribution in [3.8, 4) is 0 Å². The van der Waals surface area contributed by atoms with Crippen molar-refractivity contribution in [2.24, 2.45) is 0 Å². The first kappa shape index (κ1) is 19.0. The molecule has 0 aliphatic carbocycles. The van der Waals surface area contributed by atoms with Crippen molar-refractivity contribution >= 4 is 27.3 Å². The van der Waals surface area contributed by atoms with Gasteiger partial charge in [0.2, 0.25) is 0 Å². The number of nitrogens with zero attached hydrogens (tertiary/aromatic N) is 2. The van der Waals surface area contributed by atoms with Crippen LogP contribution in [0.3, 0.4) is 0 Å². The van der Waals surface area contributed by atoms with E-state index in [0.29, 0.717) is 12.1 Å². The van der Waals surface area contributed by atoms with Crippen LogP contribution in [0.25, 0.3) is 9.69 Å². The van der Waals surface area contributed by atoms with Gasteiger partial charge in [-0.2, -0.15) is 13.2 Å². The van der Waals surface area contributed by atoms with Gasteiger partial charge >= 0.3 is 6.18 Å². The molecular formula is C16H8F3N3O3S. The molecular weight excluding hydrogens is 371 g/mol. The molecule has 0 atom stereocenters. The molecule has 0 saturated heterocycles. The summed E-state index contributed by atoms with van der Waals surface area (Å²) in [5, 5.41) is 0. The van der Waals surface area contributed by atoms with Crippen LogP contribution >= 0.6 is 0 Å². The maximum atomic E-state index is 12.7. The molecule has 0 fully saturated rings. The van der Waals surface area contributed by atoms with Crippen molar-refractivity contribution in [3.63, 3.8) is 0 Å². The highest BCUT2D eigenvalue weighted by molar-refractivity contribution is 7.90. The highest BCUT2D eigenvalue weighted by Gasteiger charge is 2.31. The summed E-state index contributed by atoms with van der Waals surface area (Å²) < 4.78 is 64.1. The number of benzene rings is 2. The number of amides is 1. The second kappa shape index (κ2) is 6.86. The molecule has 0 bridgehead atoms. The van der Waals surface area contributed by atoms with Crippen molar-refractivity contribution in [1.82, 2.24) is 4.72 Å². The van der Waals surface area contributed by atoms with E-state index in [1.807, 2.05) is 0 Å². The molecule has 2 aromatic carbocycles. The SMILES string of the molecule is [C-]#[N+]c1ccc(S(=O)(=O)NC(=O)c2ccc(C(F)(F)F)cc2[N+]#[C-])cc1. The summed E-state index contributed by atoms with van der Waals surface area (Å²) in [6, 6.07) is 6.46. The summed E-state index contributed by atoms with van der Waals surface area (Å²) in [7, 11) is -4.32. The second-order valence-corrected chi connectivity index (χ2v) is 6.56. The average molecular weight is 379 g/mol. The quantitative estimate of drug-likeness (QED) is 0.822. The Labute approximate surface area is 146 Å². The predicted octanol–water partition coefficient (Wildman–Crippen LogP) is 3.93. The van der Waals surface area contributed by atoms with E-state index >= 15 is 0 Å². The van der Waals surface area contributed by atoms with E-state index in [2.05, 4.69) is 9.69 Å². The third-order valence-electron chi connectivity index (χ3n) is 3.19. The van der Waals surface area contributed by atoms with Crippen LogP contribution in [0, 0.1) is 13.1 Å². The molecule has 26 heavy (non-hydrogen) atoms. The maximum absolute atomic E-state index is 12.7. The van der Waals surface area contributed by atoms with Gasteiger partial charge in [0.1, 0.15) is 0 Å². The van der Waals surface area contributed by atoms with E-state index in [-0.39, 0.29) is 10.6 Å². The van der Waals surface area contributed by atoms with Crippen LogP contribution in [0.2, 0.25) is 0 Å². The van der Waals surface area contributed by atoms with Gasteiger partial charge < -0.3 is 0 Å².